The fourth-order valence-corrected chi connectivity index (χ4v) is 1.69. The molecule has 0 unspecified atom stereocenters. The van der Waals surface area contributed by atoms with Crippen molar-refractivity contribution in [3.8, 4) is 11.1 Å². The van der Waals surface area contributed by atoms with Gasteiger partial charge in [-0.15, -0.1) is 0 Å². The summed E-state index contributed by atoms with van der Waals surface area (Å²) in [6.07, 6.45) is 0. The Kier molecular flexibility index (Phi) is 3.19. The van der Waals surface area contributed by atoms with E-state index in [4.69, 9.17) is 0 Å². The molecule has 0 atom stereocenters. The molecule has 0 saturated carbocycles. The van der Waals surface area contributed by atoms with Crippen LogP contribution >= 0.6 is 0 Å². The molecule has 0 aliphatic rings. The van der Waals surface area contributed by atoms with E-state index in [1.807, 2.05) is 0 Å². The van der Waals surface area contributed by atoms with E-state index in [2.05, 4.69) is 0 Å². The number of nitro benzene ring substituents is 2. The first-order valence-electron chi connectivity index (χ1n) is 5.18. The van der Waals surface area contributed by atoms with Crippen LogP contribution in [0, 0.1) is 26.0 Å². The number of hydrogen-bond acceptors (Lipinski definition) is 4. The van der Waals surface area contributed by atoms with E-state index in [-0.39, 0.29) is 22.5 Å². The van der Waals surface area contributed by atoms with E-state index < -0.39 is 15.7 Å². The SMILES string of the molecule is O=[N+]([O-])c1ccc(F)c(-c2ccccc2[N+](=O)[O-])c1. The highest BCUT2D eigenvalue weighted by molar-refractivity contribution is 5.75. The number of benzene rings is 2. The Hall–Kier alpha value is -2.83. The molecular formula is C12H7FN2O4. The summed E-state index contributed by atoms with van der Waals surface area (Å²) < 4.78 is 13.7. The van der Waals surface area contributed by atoms with Crippen molar-refractivity contribution in [2.45, 2.75) is 0 Å². The van der Waals surface area contributed by atoms with Crippen molar-refractivity contribution in [1.82, 2.24) is 0 Å². The van der Waals surface area contributed by atoms with Crippen LogP contribution in [-0.4, -0.2) is 9.85 Å². The number of rotatable bonds is 3. The van der Waals surface area contributed by atoms with Gasteiger partial charge in [0.25, 0.3) is 11.4 Å². The highest BCUT2D eigenvalue weighted by Crippen LogP contribution is 2.33. The smallest absolute Gasteiger partial charge is 0.258 e. The van der Waals surface area contributed by atoms with Crippen LogP contribution in [0.4, 0.5) is 15.8 Å². The molecule has 0 aliphatic carbocycles. The van der Waals surface area contributed by atoms with E-state index >= 15 is 0 Å². The molecule has 0 saturated heterocycles. The summed E-state index contributed by atoms with van der Waals surface area (Å²) >= 11 is 0. The topological polar surface area (TPSA) is 86.3 Å². The second kappa shape index (κ2) is 4.81. The van der Waals surface area contributed by atoms with Gasteiger partial charge in [-0.25, -0.2) is 4.39 Å². The maximum atomic E-state index is 13.7. The van der Waals surface area contributed by atoms with Crippen molar-refractivity contribution in [2.75, 3.05) is 0 Å². The largest absolute Gasteiger partial charge is 0.277 e. The molecule has 2 aromatic carbocycles. The van der Waals surface area contributed by atoms with Gasteiger partial charge in [0.1, 0.15) is 5.82 Å². The summed E-state index contributed by atoms with van der Waals surface area (Å²) in [4.78, 5) is 20.2. The predicted octanol–water partition coefficient (Wildman–Crippen LogP) is 3.31. The van der Waals surface area contributed by atoms with Gasteiger partial charge in [0, 0.05) is 23.8 Å². The van der Waals surface area contributed by atoms with Crippen LogP contribution < -0.4 is 0 Å². The van der Waals surface area contributed by atoms with Gasteiger partial charge in [-0.05, 0) is 12.1 Å². The molecule has 7 heteroatoms. The highest BCUT2D eigenvalue weighted by Gasteiger charge is 2.19. The summed E-state index contributed by atoms with van der Waals surface area (Å²) in [7, 11) is 0. The van der Waals surface area contributed by atoms with E-state index in [0.717, 1.165) is 18.2 Å². The molecule has 2 rings (SSSR count). The highest BCUT2D eigenvalue weighted by atomic mass is 19.1. The molecule has 19 heavy (non-hydrogen) atoms. The number of hydrogen-bond donors (Lipinski definition) is 0. The van der Waals surface area contributed by atoms with Gasteiger partial charge >= 0.3 is 0 Å². The third-order valence-corrected chi connectivity index (χ3v) is 2.55. The molecule has 0 amide bonds. The molecule has 0 bridgehead atoms. The molecule has 0 radical (unpaired) electrons. The molecule has 0 aliphatic heterocycles. The van der Waals surface area contributed by atoms with Crippen molar-refractivity contribution in [3.05, 3.63) is 68.5 Å². The van der Waals surface area contributed by atoms with Gasteiger partial charge in [-0.2, -0.15) is 0 Å². The average molecular weight is 262 g/mol. The third-order valence-electron chi connectivity index (χ3n) is 2.55. The Bertz CT molecular complexity index is 673. The van der Waals surface area contributed by atoms with E-state index in [9.17, 15) is 24.6 Å². The number of nitro groups is 2. The fourth-order valence-electron chi connectivity index (χ4n) is 1.69. The molecular weight excluding hydrogens is 255 g/mol. The number of halogens is 1. The minimum absolute atomic E-state index is 0.00806. The molecule has 0 N–H and O–H groups in total. The van der Waals surface area contributed by atoms with Gasteiger partial charge in [0.05, 0.1) is 15.4 Å². The third kappa shape index (κ3) is 2.39. The van der Waals surface area contributed by atoms with E-state index in [1.54, 1.807) is 0 Å². The first-order chi connectivity index (χ1) is 9.00. The van der Waals surface area contributed by atoms with Crippen molar-refractivity contribution < 1.29 is 14.2 Å². The zero-order valence-corrected chi connectivity index (χ0v) is 9.45. The quantitative estimate of drug-likeness (QED) is 0.627. The minimum atomic E-state index is -0.750. The summed E-state index contributed by atoms with van der Waals surface area (Å²) in [5, 5.41) is 21.5. The molecule has 0 heterocycles. The van der Waals surface area contributed by atoms with Crippen LogP contribution in [0.1, 0.15) is 0 Å². The summed E-state index contributed by atoms with van der Waals surface area (Å²) in [6.45, 7) is 0. The fraction of sp³-hybridized carbons (Fsp3) is 0. The summed E-state index contributed by atoms with van der Waals surface area (Å²) in [6, 6.07) is 8.42. The van der Waals surface area contributed by atoms with Crippen LogP contribution in [0.15, 0.2) is 42.5 Å². The summed E-state index contributed by atoms with van der Waals surface area (Å²) in [5.41, 5.74) is -0.786. The number of nitrogens with zero attached hydrogens (tertiary/aromatic N) is 2. The summed E-state index contributed by atoms with van der Waals surface area (Å²) in [5.74, 6) is -0.750. The van der Waals surface area contributed by atoms with Crippen LogP contribution in [0.5, 0.6) is 0 Å². The lowest BCUT2D eigenvalue weighted by Gasteiger charge is -2.04. The van der Waals surface area contributed by atoms with Crippen LogP contribution in [-0.2, 0) is 0 Å². The van der Waals surface area contributed by atoms with Gasteiger partial charge < -0.3 is 0 Å². The maximum absolute atomic E-state index is 13.7. The number of para-hydroxylation sites is 1. The Morgan fingerprint density at radius 3 is 2.21 bits per heavy atom. The lowest BCUT2D eigenvalue weighted by atomic mass is 10.0. The molecule has 2 aromatic rings. The zero-order valence-electron chi connectivity index (χ0n) is 9.45. The monoisotopic (exact) mass is 262 g/mol. The van der Waals surface area contributed by atoms with Gasteiger partial charge in [-0.3, -0.25) is 20.2 Å². The zero-order chi connectivity index (χ0) is 14.0. The normalized spacial score (nSPS) is 10.2. The first kappa shape index (κ1) is 12.6. The van der Waals surface area contributed by atoms with Crippen LogP contribution in [0.3, 0.4) is 0 Å². The van der Waals surface area contributed by atoms with Gasteiger partial charge in [-0.1, -0.05) is 12.1 Å². The van der Waals surface area contributed by atoms with Crippen molar-refractivity contribution in [2.24, 2.45) is 0 Å². The maximum Gasteiger partial charge on any atom is 0.277 e. The van der Waals surface area contributed by atoms with Crippen LogP contribution in [0.25, 0.3) is 11.1 Å². The first-order valence-corrected chi connectivity index (χ1v) is 5.18. The Morgan fingerprint density at radius 2 is 1.58 bits per heavy atom. The van der Waals surface area contributed by atoms with Crippen molar-refractivity contribution in [1.29, 1.82) is 0 Å². The second-order valence-corrected chi connectivity index (χ2v) is 3.70. The van der Waals surface area contributed by atoms with E-state index in [0.29, 0.717) is 0 Å². The Balaban J connectivity index is 2.68. The molecule has 0 aromatic heterocycles. The van der Waals surface area contributed by atoms with Gasteiger partial charge in [0.2, 0.25) is 0 Å². The number of non-ortho nitro benzene ring substituents is 1. The molecule has 0 spiro atoms. The predicted molar refractivity (Wildman–Crippen MR) is 65.1 cm³/mol. The second-order valence-electron chi connectivity index (χ2n) is 3.70. The molecule has 0 fully saturated rings. The lowest BCUT2D eigenvalue weighted by molar-refractivity contribution is -0.385. The molecule has 6 nitrogen and oxygen atoms in total. The minimum Gasteiger partial charge on any atom is -0.258 e. The van der Waals surface area contributed by atoms with Gasteiger partial charge in [0.15, 0.2) is 0 Å². The Morgan fingerprint density at radius 1 is 0.895 bits per heavy atom. The van der Waals surface area contributed by atoms with E-state index in [1.165, 1.54) is 24.3 Å². The standard InChI is InChI=1S/C12H7FN2O4/c13-11-6-5-8(14(16)17)7-10(11)9-3-1-2-4-12(9)15(18)19/h1-7H. The average Bonchev–Trinajstić information content (AvgIpc) is 2.39. The van der Waals surface area contributed by atoms with Crippen molar-refractivity contribution in [3.63, 3.8) is 0 Å². The van der Waals surface area contributed by atoms with Crippen molar-refractivity contribution >= 4 is 11.4 Å². The molecule has 96 valence electrons. The Labute approximate surface area is 106 Å². The lowest BCUT2D eigenvalue weighted by Crippen LogP contribution is -1.95. The van der Waals surface area contributed by atoms with Crippen LogP contribution in [0.2, 0.25) is 0 Å².